The van der Waals surface area contributed by atoms with Gasteiger partial charge in [-0.15, -0.1) is 0 Å². The van der Waals surface area contributed by atoms with Gasteiger partial charge in [-0.2, -0.15) is 0 Å². The molecule has 0 radical (unpaired) electrons. The molecule has 26 heavy (non-hydrogen) atoms. The van der Waals surface area contributed by atoms with Gasteiger partial charge in [-0.1, -0.05) is 46.4 Å². The van der Waals surface area contributed by atoms with Gasteiger partial charge in [0.15, 0.2) is 0 Å². The molecule has 2 aromatic rings. The number of halogens is 4. The molecule has 2 rings (SSSR count). The normalized spacial score (nSPS) is 12.3. The summed E-state index contributed by atoms with van der Waals surface area (Å²) in [6, 6.07) is 11.5. The third-order valence-corrected chi connectivity index (χ3v) is 6.31. The number of nitrogens with one attached hydrogen (secondary N) is 1. The van der Waals surface area contributed by atoms with Crippen LogP contribution in [-0.2, 0) is 0 Å². The fourth-order valence-corrected chi connectivity index (χ4v) is 6.34. The SMILES string of the molecule is CC(C)N=C(NC(C)C)P(c1cc(Cl)cc(Cl)c1)c1cc(Cl)cc(Cl)c1. The molecular weight excluding hydrogens is 429 g/mol. The van der Waals surface area contributed by atoms with Gasteiger partial charge in [0, 0.05) is 40.1 Å². The minimum Gasteiger partial charge on any atom is -0.367 e. The predicted octanol–water partition coefficient (Wildman–Crippen LogP) is 6.50. The molecule has 0 aliphatic carbocycles. The molecule has 2 nitrogen and oxygen atoms in total. The molecule has 0 aliphatic rings. The molecule has 0 saturated carbocycles. The van der Waals surface area contributed by atoms with Crippen molar-refractivity contribution in [1.29, 1.82) is 0 Å². The van der Waals surface area contributed by atoms with Gasteiger partial charge in [0.2, 0.25) is 0 Å². The van der Waals surface area contributed by atoms with Crippen LogP contribution in [0.15, 0.2) is 41.4 Å². The molecular formula is C19H21Cl4N2P. The summed E-state index contributed by atoms with van der Waals surface area (Å²) in [7, 11) is -1.04. The molecule has 0 atom stereocenters. The van der Waals surface area contributed by atoms with Crippen LogP contribution in [0.1, 0.15) is 27.7 Å². The first-order valence-electron chi connectivity index (χ1n) is 8.22. The van der Waals surface area contributed by atoms with Crippen molar-refractivity contribution in [3.63, 3.8) is 0 Å². The van der Waals surface area contributed by atoms with E-state index in [1.165, 1.54) is 0 Å². The van der Waals surface area contributed by atoms with E-state index in [2.05, 4.69) is 19.2 Å². The standard InChI is InChI=1S/C19H21Cl4N2P/c1-11(2)24-19(25-12(3)4)26(17-7-13(20)5-14(21)8-17)18-9-15(22)6-16(23)10-18/h5-12H,1-4H3,(H,24,25). The van der Waals surface area contributed by atoms with Gasteiger partial charge in [-0.3, -0.25) is 4.99 Å². The number of nitrogens with zero attached hydrogens (tertiary/aromatic N) is 1. The zero-order valence-electron chi connectivity index (χ0n) is 15.0. The lowest BCUT2D eigenvalue weighted by atomic mass is 10.3. The molecule has 0 bridgehead atoms. The van der Waals surface area contributed by atoms with E-state index in [9.17, 15) is 0 Å². The van der Waals surface area contributed by atoms with Crippen LogP contribution in [0.5, 0.6) is 0 Å². The molecule has 0 fully saturated rings. The first-order valence-corrected chi connectivity index (χ1v) is 11.1. The van der Waals surface area contributed by atoms with Crippen LogP contribution in [0.3, 0.4) is 0 Å². The minimum absolute atomic E-state index is 0.130. The Labute approximate surface area is 176 Å². The number of rotatable bonds is 5. The predicted molar refractivity (Wildman–Crippen MR) is 120 cm³/mol. The number of hydrogen-bond donors (Lipinski definition) is 1. The second kappa shape index (κ2) is 9.62. The second-order valence-electron chi connectivity index (χ2n) is 6.44. The molecule has 2 aromatic carbocycles. The highest BCUT2D eigenvalue weighted by Gasteiger charge is 2.23. The number of aliphatic imine (C=N–C) groups is 1. The number of benzene rings is 2. The highest BCUT2D eigenvalue weighted by molar-refractivity contribution is 7.88. The van der Waals surface area contributed by atoms with Crippen molar-refractivity contribution in [2.75, 3.05) is 0 Å². The van der Waals surface area contributed by atoms with Gasteiger partial charge in [0.1, 0.15) is 5.58 Å². The third-order valence-electron chi connectivity index (χ3n) is 3.22. The summed E-state index contributed by atoms with van der Waals surface area (Å²) in [4.78, 5) is 4.85. The fraction of sp³-hybridized carbons (Fsp3) is 0.316. The smallest absolute Gasteiger partial charge is 0.129 e. The first kappa shape index (κ1) is 21.8. The summed E-state index contributed by atoms with van der Waals surface area (Å²) in [6.45, 7) is 8.26. The summed E-state index contributed by atoms with van der Waals surface area (Å²) in [5, 5.41) is 7.81. The van der Waals surface area contributed by atoms with E-state index in [0.29, 0.717) is 20.1 Å². The lowest BCUT2D eigenvalue weighted by Crippen LogP contribution is -2.35. The molecule has 0 unspecified atom stereocenters. The Morgan fingerprint density at radius 2 is 1.15 bits per heavy atom. The average Bonchev–Trinajstić information content (AvgIpc) is 2.43. The first-order chi connectivity index (χ1) is 12.2. The summed E-state index contributed by atoms with van der Waals surface area (Å²) < 4.78 is 0. The quantitative estimate of drug-likeness (QED) is 0.314. The van der Waals surface area contributed by atoms with E-state index in [1.807, 2.05) is 38.1 Å². The molecule has 1 N–H and O–H groups in total. The van der Waals surface area contributed by atoms with Crippen molar-refractivity contribution in [3.8, 4) is 0 Å². The van der Waals surface area contributed by atoms with Crippen molar-refractivity contribution in [3.05, 3.63) is 56.5 Å². The Kier molecular flexibility index (Phi) is 8.07. The summed E-state index contributed by atoms with van der Waals surface area (Å²) in [5.74, 6) is 0. The average molecular weight is 450 g/mol. The van der Waals surface area contributed by atoms with Gasteiger partial charge in [-0.05, 0) is 74.7 Å². The van der Waals surface area contributed by atoms with Gasteiger partial charge in [-0.25, -0.2) is 0 Å². The third kappa shape index (κ3) is 6.29. The Bertz CT molecular complexity index is 714. The van der Waals surface area contributed by atoms with Crippen LogP contribution in [0, 0.1) is 0 Å². The zero-order valence-corrected chi connectivity index (χ0v) is 18.9. The van der Waals surface area contributed by atoms with E-state index in [1.54, 1.807) is 12.1 Å². The Morgan fingerprint density at radius 3 is 1.46 bits per heavy atom. The van der Waals surface area contributed by atoms with Crippen LogP contribution in [-0.4, -0.2) is 17.7 Å². The molecule has 7 heteroatoms. The molecule has 0 aromatic heterocycles. The topological polar surface area (TPSA) is 24.4 Å². The maximum atomic E-state index is 6.27. The van der Waals surface area contributed by atoms with Crippen LogP contribution in [0.25, 0.3) is 0 Å². The maximum absolute atomic E-state index is 6.27. The van der Waals surface area contributed by atoms with Gasteiger partial charge >= 0.3 is 0 Å². The fourth-order valence-electron chi connectivity index (χ4n) is 2.39. The maximum Gasteiger partial charge on any atom is 0.129 e. The van der Waals surface area contributed by atoms with Crippen molar-refractivity contribution >= 4 is 70.5 Å². The summed E-state index contributed by atoms with van der Waals surface area (Å²) >= 11 is 25.1. The largest absolute Gasteiger partial charge is 0.367 e. The Hall–Kier alpha value is -0.500. The van der Waals surface area contributed by atoms with Crippen molar-refractivity contribution in [2.45, 2.75) is 39.8 Å². The summed E-state index contributed by atoms with van der Waals surface area (Å²) in [5.41, 5.74) is 0.890. The number of amidine groups is 1. The highest BCUT2D eigenvalue weighted by Crippen LogP contribution is 2.38. The molecule has 0 amide bonds. The van der Waals surface area contributed by atoms with Gasteiger partial charge < -0.3 is 5.32 Å². The lowest BCUT2D eigenvalue weighted by Gasteiger charge is -2.25. The van der Waals surface area contributed by atoms with E-state index in [4.69, 9.17) is 51.4 Å². The van der Waals surface area contributed by atoms with E-state index in [-0.39, 0.29) is 12.1 Å². The minimum atomic E-state index is -1.04. The van der Waals surface area contributed by atoms with Crippen molar-refractivity contribution in [2.24, 2.45) is 4.99 Å². The van der Waals surface area contributed by atoms with Crippen LogP contribution in [0.2, 0.25) is 20.1 Å². The lowest BCUT2D eigenvalue weighted by molar-refractivity contribution is 0.727. The molecule has 0 heterocycles. The molecule has 0 aliphatic heterocycles. The van der Waals surface area contributed by atoms with Crippen LogP contribution in [0.4, 0.5) is 0 Å². The molecule has 0 saturated heterocycles. The second-order valence-corrected chi connectivity index (χ2v) is 10.3. The van der Waals surface area contributed by atoms with E-state index >= 15 is 0 Å². The van der Waals surface area contributed by atoms with Crippen LogP contribution >= 0.6 is 54.3 Å². The van der Waals surface area contributed by atoms with Crippen LogP contribution < -0.4 is 15.9 Å². The highest BCUT2D eigenvalue weighted by atomic mass is 35.5. The zero-order chi connectivity index (χ0) is 19.4. The van der Waals surface area contributed by atoms with Gasteiger partial charge in [0.05, 0.1) is 0 Å². The molecule has 140 valence electrons. The monoisotopic (exact) mass is 448 g/mol. The van der Waals surface area contributed by atoms with E-state index in [0.717, 1.165) is 16.2 Å². The van der Waals surface area contributed by atoms with Crippen molar-refractivity contribution in [1.82, 2.24) is 5.32 Å². The molecule has 0 spiro atoms. The van der Waals surface area contributed by atoms with E-state index < -0.39 is 7.92 Å². The Balaban J connectivity index is 2.70. The number of hydrogen-bond acceptors (Lipinski definition) is 1. The summed E-state index contributed by atoms with van der Waals surface area (Å²) in [6.07, 6.45) is 0. The van der Waals surface area contributed by atoms with Crippen molar-refractivity contribution < 1.29 is 0 Å². The Morgan fingerprint density at radius 1 is 0.769 bits per heavy atom. The van der Waals surface area contributed by atoms with Gasteiger partial charge in [0.25, 0.3) is 0 Å².